The van der Waals surface area contributed by atoms with Gasteiger partial charge in [-0.2, -0.15) is 5.26 Å². The van der Waals surface area contributed by atoms with Crippen molar-refractivity contribution in [2.75, 3.05) is 0 Å². The van der Waals surface area contributed by atoms with E-state index in [-0.39, 0.29) is 262 Å². The molecular formula is C66H94N7O18V7-35. The second-order valence-electron chi connectivity index (χ2n) is 27.1. The molecule has 571 valence electrons. The molecule has 0 bridgehead atoms. The molecule has 98 heavy (non-hydrogen) atoms. The van der Waals surface area contributed by atoms with Crippen molar-refractivity contribution < 1.29 is 228 Å². The van der Waals surface area contributed by atoms with Crippen molar-refractivity contribution >= 4 is 0 Å². The molecule has 0 spiro atoms. The van der Waals surface area contributed by atoms with Gasteiger partial charge in [0.05, 0.1) is 40.2 Å². The molecule has 1 fully saturated rings. The SMILES string of the molecule is CC#N.CC(C)(C)C1CCC([O-])CC1.CC(C)(C)c1ccnc(-c2cc(C(C)(C)C)ccn2)c1.CC(C)(C)c1ccnc(-c2cc(C(C)(C)C)ccn2)c1.CC(C)(C)c1ccnc(-c2cc(C(C)(C)C)ccn2)c1.[O-2].[O-2].[O-2].[O-2].[O-2].[O-2].[O-2].[O-2].[O-2].[O-2].[O-2].[O-2].[O-2].[O-2].[O-2].[O-2].[O-2].[V].[V].[V].[V].[V].[V].[V]. The first-order valence-electron chi connectivity index (χ1n) is 26.7. The molecule has 1 aliphatic carbocycles. The molecule has 6 aromatic heterocycles. The fourth-order valence-corrected chi connectivity index (χ4v) is 8.15. The molecule has 7 radical (unpaired) electrons. The summed E-state index contributed by atoms with van der Waals surface area (Å²) >= 11 is 0. The van der Waals surface area contributed by atoms with E-state index in [0.717, 1.165) is 65.8 Å². The first-order chi connectivity index (χ1) is 33.9. The van der Waals surface area contributed by atoms with E-state index in [4.69, 9.17) is 5.26 Å². The first-order valence-corrected chi connectivity index (χ1v) is 26.7. The Labute approximate surface area is 669 Å². The molecule has 0 atom stereocenters. The number of nitrogens with zero attached hydrogens (tertiary/aromatic N) is 7. The summed E-state index contributed by atoms with van der Waals surface area (Å²) in [6, 6.07) is 27.1. The van der Waals surface area contributed by atoms with Crippen LogP contribution in [0.2, 0.25) is 0 Å². The van der Waals surface area contributed by atoms with Crippen molar-refractivity contribution in [1.82, 2.24) is 29.9 Å². The topological polar surface area (TPSA) is 609 Å². The van der Waals surface area contributed by atoms with Crippen LogP contribution in [0, 0.1) is 22.7 Å². The van der Waals surface area contributed by atoms with Crippen LogP contribution in [0.1, 0.15) is 211 Å². The van der Waals surface area contributed by atoms with Crippen LogP contribution >= 0.6 is 0 Å². The second kappa shape index (κ2) is 67.9. The smallest absolute Gasteiger partial charge is 0.0889 e. The van der Waals surface area contributed by atoms with Crippen molar-refractivity contribution in [2.24, 2.45) is 11.3 Å². The summed E-state index contributed by atoms with van der Waals surface area (Å²) in [6.07, 6.45) is 15.1. The summed E-state index contributed by atoms with van der Waals surface area (Å²) in [6.45, 7) is 48.1. The number of aromatic nitrogens is 6. The van der Waals surface area contributed by atoms with Crippen molar-refractivity contribution in [3.05, 3.63) is 143 Å². The minimum Gasteiger partial charge on any atom is -2.00 e. The number of rotatable bonds is 3. The molecule has 0 amide bonds. The van der Waals surface area contributed by atoms with Gasteiger partial charge >= 0.3 is 0 Å². The van der Waals surface area contributed by atoms with Gasteiger partial charge < -0.3 is 98.2 Å². The van der Waals surface area contributed by atoms with E-state index in [2.05, 4.69) is 248 Å². The number of hydrogen-bond acceptors (Lipinski definition) is 8. The predicted molar refractivity (Wildman–Crippen MR) is 323 cm³/mol. The van der Waals surface area contributed by atoms with E-state index >= 15 is 0 Å². The molecule has 25 nitrogen and oxygen atoms in total. The van der Waals surface area contributed by atoms with Gasteiger partial charge in [0.25, 0.3) is 0 Å². The third-order valence-electron chi connectivity index (χ3n) is 13.4. The van der Waals surface area contributed by atoms with Gasteiger partial charge in [0.1, 0.15) is 0 Å². The summed E-state index contributed by atoms with van der Waals surface area (Å²) in [4.78, 5) is 26.9. The average molecular weight is 1630 g/mol. The second-order valence-corrected chi connectivity index (χ2v) is 27.1. The van der Waals surface area contributed by atoms with Crippen molar-refractivity contribution in [2.45, 2.75) is 217 Å². The number of pyridine rings is 6. The summed E-state index contributed by atoms with van der Waals surface area (Å²) in [7, 11) is 0. The zero-order chi connectivity index (χ0) is 56.1. The minimum absolute atomic E-state index is 0. The Morgan fingerprint density at radius 3 is 0.510 bits per heavy atom. The maximum atomic E-state index is 11.0. The van der Waals surface area contributed by atoms with Crippen molar-refractivity contribution in [1.29, 1.82) is 5.26 Å². The van der Waals surface area contributed by atoms with E-state index in [1.807, 2.05) is 37.2 Å². The van der Waals surface area contributed by atoms with Crippen LogP contribution < -0.4 is 5.11 Å². The Kier molecular flexibility index (Phi) is 110. The Hall–Kier alpha value is -2.24. The first kappa shape index (κ1) is 158. The Morgan fingerprint density at radius 1 is 0.286 bits per heavy atom. The molecule has 32 heteroatoms. The number of nitriles is 1. The molecule has 7 rings (SSSR count). The normalized spacial score (nSPS) is 11.5. The zero-order valence-electron chi connectivity index (χ0n) is 60.0. The van der Waals surface area contributed by atoms with Crippen LogP contribution in [0.15, 0.2) is 110 Å². The zero-order valence-corrected chi connectivity index (χ0v) is 69.8. The summed E-state index contributed by atoms with van der Waals surface area (Å²) in [5.74, 6) is 0.785. The predicted octanol–water partition coefficient (Wildman–Crippen LogP) is 14.7. The van der Waals surface area contributed by atoms with E-state index in [1.165, 1.54) is 40.3 Å². The maximum Gasteiger partial charge on any atom is 0.0889 e. The van der Waals surface area contributed by atoms with Crippen LogP contribution in [-0.2, 0) is 255 Å². The van der Waals surface area contributed by atoms with E-state index < -0.39 is 0 Å². The van der Waals surface area contributed by atoms with Gasteiger partial charge in [0, 0.05) is 174 Å². The molecule has 6 heterocycles. The fraction of sp³-hybridized carbons (Fsp3) is 0.530. The monoisotopic (exact) mass is 1630 g/mol. The van der Waals surface area contributed by atoms with Crippen molar-refractivity contribution in [3.8, 4) is 40.2 Å². The molecule has 0 saturated heterocycles. The molecule has 0 aliphatic heterocycles. The van der Waals surface area contributed by atoms with Crippen LogP contribution in [-0.4, -0.2) is 36.0 Å². The molecule has 1 aliphatic rings. The molecule has 6 aromatic rings. The van der Waals surface area contributed by atoms with Gasteiger partial charge in [-0.15, -0.1) is 6.10 Å². The van der Waals surface area contributed by atoms with Gasteiger partial charge in [-0.3, -0.25) is 29.9 Å². The largest absolute Gasteiger partial charge is 2.00 e. The van der Waals surface area contributed by atoms with Crippen molar-refractivity contribution in [3.63, 3.8) is 0 Å². The molecule has 0 aromatic carbocycles. The standard InChI is InChI=1S/3C18H24N2.C10H19O.C2H3N.17O.7V/c3*1-17(2,3)13-7-9-19-15(11-13)16-12-14(8-10-20-16)18(4,5)6;1-10(2,3)8-4-6-9(11)7-5-8;1-2-3;;;;;;;;;;;;;;;;;;;;;;;;/h3*7-12H,1-6H3;8-9H,4-7H2,1-3H3;1H3;;;;;;;;;;;;;;;;;;;;;;;;/q;;;-1;;17*-2;;;;;;;. The van der Waals surface area contributed by atoms with Gasteiger partial charge in [-0.1, -0.05) is 171 Å². The van der Waals surface area contributed by atoms with Crippen LogP contribution in [0.3, 0.4) is 0 Å². The molecule has 0 N–H and O–H groups in total. The summed E-state index contributed by atoms with van der Waals surface area (Å²) in [5.41, 5.74) is 14.5. The van der Waals surface area contributed by atoms with Gasteiger partial charge in [-0.25, -0.2) is 0 Å². The van der Waals surface area contributed by atoms with Gasteiger partial charge in [0.15, 0.2) is 0 Å². The Morgan fingerprint density at radius 2 is 0.408 bits per heavy atom. The van der Waals surface area contributed by atoms with Crippen LogP contribution in [0.4, 0.5) is 0 Å². The maximum absolute atomic E-state index is 11.0. The quantitative estimate of drug-likeness (QED) is 0.163. The van der Waals surface area contributed by atoms with E-state index in [9.17, 15) is 5.11 Å². The summed E-state index contributed by atoms with van der Waals surface area (Å²) < 4.78 is 0. The third-order valence-corrected chi connectivity index (χ3v) is 13.4. The number of hydrogen-bond donors (Lipinski definition) is 0. The van der Waals surface area contributed by atoms with E-state index in [1.54, 1.807) is 6.07 Å². The van der Waals surface area contributed by atoms with Crippen LogP contribution in [0.5, 0.6) is 0 Å². The molecule has 0 unspecified atom stereocenters. The fourth-order valence-electron chi connectivity index (χ4n) is 8.15. The average Bonchev–Trinajstić information content (AvgIpc) is 3.31. The third kappa shape index (κ3) is 54.4. The van der Waals surface area contributed by atoms with Crippen LogP contribution in [0.25, 0.3) is 34.2 Å². The molecular weight excluding hydrogens is 1540 g/mol. The molecule has 1 saturated carbocycles. The Balaban J connectivity index is -0.0000000363. The van der Waals surface area contributed by atoms with E-state index in [0.29, 0.717) is 5.41 Å². The van der Waals surface area contributed by atoms with Gasteiger partial charge in [-0.05, 0) is 150 Å². The van der Waals surface area contributed by atoms with Gasteiger partial charge in [0.2, 0.25) is 0 Å². The summed E-state index contributed by atoms with van der Waals surface area (Å²) in [5, 5.41) is 18.3. The minimum atomic E-state index is -0.256. The Bertz CT molecular complexity index is 2370.